The lowest BCUT2D eigenvalue weighted by Gasteiger charge is -2.28. The van der Waals surface area contributed by atoms with E-state index in [4.69, 9.17) is 43.9 Å². The summed E-state index contributed by atoms with van der Waals surface area (Å²) in [6.45, 7) is -37.6. The molecule has 10 rings (SSSR count). The van der Waals surface area contributed by atoms with Gasteiger partial charge in [-0.05, 0) is 170 Å². The summed E-state index contributed by atoms with van der Waals surface area (Å²) < 4.78 is 462. The number of thioether (sulfide) groups is 2. The molecule has 0 N–H and O–H groups in total. The molecule has 0 saturated heterocycles. The van der Waals surface area contributed by atoms with Gasteiger partial charge in [-0.3, -0.25) is 19.2 Å². The largest absolute Gasteiger partial charge is 0.416 e. The van der Waals surface area contributed by atoms with Crippen molar-refractivity contribution in [1.29, 1.82) is 0 Å². The van der Waals surface area contributed by atoms with Crippen LogP contribution < -0.4 is 11.1 Å². The molecule has 0 spiro atoms. The molecule has 0 saturated carbocycles. The third kappa shape index (κ3) is 18.8. The number of nitrogens with zero attached hydrogens (tertiary/aromatic N) is 8. The van der Waals surface area contributed by atoms with Gasteiger partial charge in [0, 0.05) is 97.7 Å². The van der Waals surface area contributed by atoms with Gasteiger partial charge in [-0.2, -0.15) is 36.3 Å². The van der Waals surface area contributed by atoms with Crippen molar-refractivity contribution >= 4 is 35.3 Å². The molecule has 12 nitrogen and oxygen atoms in total. The quantitative estimate of drug-likeness (QED) is 0.0295. The zero-order valence-electron chi connectivity index (χ0n) is 91.1. The van der Waals surface area contributed by atoms with Gasteiger partial charge < -0.3 is 28.7 Å². The molecule has 2 aromatic heterocycles. The standard InChI is InChI=1S/2C37H40F4N4O2S/c2*1-4-43(5-2)19-20-44(22-26-9-13-28(14-10-26)29-15-18-32(25(3)21-29)37(39,40)41)34(46)23-45-33-8-6-7-31(33)35(47)42-36(45)48-24-27-11-16-30(38)17-12-27/h2*9-18,21H,4-8,19-20,22-24H2,1-3H3/i4D2,5D2,6D2,7D2,8D2,9D,10D,13D,14D,15D,18D,19D2,20D2,21D,22D2;4D2,5D2,9D,10D,13D,14D,15D,18D,19D2,20D2,21D,22D2. The van der Waals surface area contributed by atoms with Crippen LogP contribution >= 0.6 is 23.5 Å². The van der Waals surface area contributed by atoms with Crippen LogP contribution in [0.25, 0.3) is 22.3 Å². The van der Waals surface area contributed by atoms with Crippen LogP contribution in [0.2, 0.25) is 0 Å². The normalized spacial score (nSPS) is 22.0. The molecule has 0 unspecified atom stereocenters. The molecule has 0 fully saturated rings. The highest BCUT2D eigenvalue weighted by atomic mass is 32.2. The van der Waals surface area contributed by atoms with Crippen molar-refractivity contribution in [2.45, 2.75) is 140 Å². The van der Waals surface area contributed by atoms with E-state index in [0.29, 0.717) is 62.9 Å². The maximum Gasteiger partial charge on any atom is 0.416 e. The van der Waals surface area contributed by atoms with Crippen molar-refractivity contribution in [2.75, 3.05) is 52.0 Å². The monoisotopic (exact) mass is 1400 g/mol. The highest BCUT2D eigenvalue weighted by Gasteiger charge is 2.34. The molecule has 6 aromatic carbocycles. The molecule has 0 radical (unpaired) electrons. The van der Waals surface area contributed by atoms with Gasteiger partial charge in [0.15, 0.2) is 10.3 Å². The number of benzene rings is 6. The van der Waals surface area contributed by atoms with Crippen molar-refractivity contribution in [2.24, 2.45) is 0 Å². The maximum atomic E-state index is 15.2. The second kappa shape index (κ2) is 32.9. The van der Waals surface area contributed by atoms with Gasteiger partial charge in [-0.25, -0.2) is 8.78 Å². The van der Waals surface area contributed by atoms with E-state index in [0.717, 1.165) is 47.5 Å². The highest BCUT2D eigenvalue weighted by Crippen LogP contribution is 2.37. The topological polar surface area (TPSA) is 117 Å². The molecule has 508 valence electrons. The smallest absolute Gasteiger partial charge is 0.336 e. The Kier molecular flexibility index (Phi) is 12.4. The lowest BCUT2D eigenvalue weighted by Crippen LogP contribution is -2.40. The molecule has 0 aliphatic heterocycles. The van der Waals surface area contributed by atoms with E-state index in [-0.39, 0.29) is 51.2 Å². The number of likely N-dealkylation sites (N-methyl/N-ethyl adjacent to an activating group) is 2. The predicted octanol–water partition coefficient (Wildman–Crippen LogP) is 15.1. The number of alkyl halides is 6. The Morgan fingerprint density at radius 1 is 0.531 bits per heavy atom. The summed E-state index contributed by atoms with van der Waals surface area (Å²) >= 11 is 1.30. The lowest BCUT2D eigenvalue weighted by atomic mass is 9.98. The predicted molar refractivity (Wildman–Crippen MR) is 363 cm³/mol. The van der Waals surface area contributed by atoms with Crippen LogP contribution in [0.1, 0.15) is 162 Å². The first kappa shape index (κ1) is 36.1. The Hall–Kier alpha value is -7.92. The Balaban J connectivity index is 0.000000306. The fraction of sp³-hybridized carbons (Fsp3) is 0.378. The van der Waals surface area contributed by atoms with Crippen LogP contribution in [0, 0.1) is 25.5 Å². The zero-order valence-corrected chi connectivity index (χ0v) is 52.8. The fourth-order valence-corrected chi connectivity index (χ4v) is 10.8. The van der Waals surface area contributed by atoms with Gasteiger partial charge in [-0.15, -0.1) is 0 Å². The lowest BCUT2D eigenvalue weighted by molar-refractivity contribution is -0.138. The molecule has 2 aliphatic carbocycles. The summed E-state index contributed by atoms with van der Waals surface area (Å²) in [4.78, 5) is 62.9. The van der Waals surface area contributed by atoms with Crippen molar-refractivity contribution < 1.29 is 99.5 Å². The maximum absolute atomic E-state index is 15.2. The first-order valence-electron chi connectivity index (χ1n) is 48.2. The van der Waals surface area contributed by atoms with E-state index in [2.05, 4.69) is 9.97 Å². The minimum atomic E-state index is -5.31. The van der Waals surface area contributed by atoms with Gasteiger partial charge in [-0.1, -0.05) is 148 Å². The van der Waals surface area contributed by atoms with Gasteiger partial charge in [0.2, 0.25) is 11.8 Å². The van der Waals surface area contributed by atoms with Crippen molar-refractivity contribution in [3.8, 4) is 22.3 Å². The van der Waals surface area contributed by atoms with Crippen molar-refractivity contribution in [1.82, 2.24) is 38.7 Å². The fourth-order valence-electron chi connectivity index (χ4n) is 8.90. The van der Waals surface area contributed by atoms with Crippen molar-refractivity contribution in [3.63, 3.8) is 0 Å². The number of hydrogen-bond donors (Lipinski definition) is 0. The van der Waals surface area contributed by atoms with Gasteiger partial charge in [0.25, 0.3) is 11.1 Å². The number of amides is 2. The van der Waals surface area contributed by atoms with E-state index in [1.54, 1.807) is 0 Å². The summed E-state index contributed by atoms with van der Waals surface area (Å²) in [5.41, 5.74) is -16.6. The average Bonchev–Trinajstić information content (AvgIpc) is 1.50. The van der Waals surface area contributed by atoms with Crippen molar-refractivity contribution in [3.05, 3.63) is 232 Å². The number of aromatic nitrogens is 4. The summed E-state index contributed by atoms with van der Waals surface area (Å²) in [6, 6.07) is -10.3. The van der Waals surface area contributed by atoms with Crippen LogP contribution in [0.15, 0.2) is 153 Å². The molecule has 2 heterocycles. The number of hydrogen-bond acceptors (Lipinski definition) is 10. The molecule has 0 atom stereocenters. The number of carbonyl (C=O) groups is 2. The van der Waals surface area contributed by atoms with E-state index in [1.807, 2.05) is 0 Å². The van der Waals surface area contributed by atoms with Gasteiger partial charge in [0.05, 0.1) is 41.3 Å². The molecule has 22 heteroatoms. The minimum absolute atomic E-state index is 0.00921. The molecule has 96 heavy (non-hydrogen) atoms. The second-order valence-corrected chi connectivity index (χ2v) is 21.9. The molecule has 8 aromatic rings. The SMILES string of the molecule is [2H]c1c([2H])c(C([2H])([2H])N(C(=O)Cn2c(SCc3ccc(F)cc3)nc(=O)c3c2C([2H])([2H])C([2H])([2H])C3([2H])[2H])C([2H])([2H])C([2H])([2H])N(C([2H])([2H])C)C([2H])([2H])C)c([2H])c([2H])c1-c1c([2H])c([2H])c(C(F)(F)F)c(C)c1[2H].[2H]c1c([2H])c(C([2H])([2H])N(C(=O)Cn2c(SCc3ccc(F)cc3)nc(=O)c3c2CCC3)C([2H])([2H])C([2H])([2H])N(C([2H])([2H])C)C([2H])([2H])C)c([2H])c([2H])c1-c1c([2H])c([2H])c(C(F)(F)F)c(C)c1[2H]. The molecule has 2 amide bonds. The molecular weight excluding hydrogens is 1280 g/mol. The van der Waals surface area contributed by atoms with E-state index in [1.165, 1.54) is 24.3 Å². The number of fused-ring (bicyclic) bond motifs is 2. The molecule has 0 bridgehead atoms. The number of halogens is 8. The van der Waals surface area contributed by atoms with Crippen LogP contribution in [0.3, 0.4) is 0 Å². The Bertz CT molecular complexity index is 6100. The average molecular weight is 1400 g/mol. The highest BCUT2D eigenvalue weighted by molar-refractivity contribution is 7.98. The summed E-state index contributed by atoms with van der Waals surface area (Å²) in [5.74, 6) is -5.51. The van der Waals surface area contributed by atoms with Crippen LogP contribution in [-0.2, 0) is 85.1 Å². The van der Waals surface area contributed by atoms with Crippen LogP contribution in [-0.4, -0.2) is 102 Å². The third-order valence-corrected chi connectivity index (χ3v) is 15.7. The Labute approximate surface area is 620 Å². The Morgan fingerprint density at radius 2 is 0.927 bits per heavy atom. The zero-order chi connectivity index (χ0) is 104. The van der Waals surface area contributed by atoms with E-state index >= 15 is 4.79 Å². The summed E-state index contributed by atoms with van der Waals surface area (Å²) in [6.07, 6.45) is -20.8. The van der Waals surface area contributed by atoms with Crippen LogP contribution in [0.4, 0.5) is 35.1 Å². The number of carbonyl (C=O) groups excluding carboxylic acids is 2. The number of rotatable bonds is 26. The summed E-state index contributed by atoms with van der Waals surface area (Å²) in [5, 5.41) is -0.990. The first-order valence-corrected chi connectivity index (χ1v) is 30.2. The minimum Gasteiger partial charge on any atom is -0.336 e. The van der Waals surface area contributed by atoms with Gasteiger partial charge >= 0.3 is 12.4 Å². The van der Waals surface area contributed by atoms with E-state index in [9.17, 15) is 60.5 Å². The molecular formula is C74H80F8N8O4S2. The van der Waals surface area contributed by atoms with Crippen LogP contribution in [0.5, 0.6) is 0 Å². The van der Waals surface area contributed by atoms with Gasteiger partial charge in [0.1, 0.15) is 24.7 Å². The Morgan fingerprint density at radius 3 is 1.33 bits per heavy atom. The summed E-state index contributed by atoms with van der Waals surface area (Å²) in [7, 11) is 0. The third-order valence-electron chi connectivity index (χ3n) is 13.6. The second-order valence-electron chi connectivity index (χ2n) is 20.0. The first-order chi connectivity index (χ1) is 61.3. The molecule has 2 aliphatic rings. The van der Waals surface area contributed by atoms with E-state index < -0.39 is 315 Å².